The lowest BCUT2D eigenvalue weighted by Gasteiger charge is -2.32. The highest BCUT2D eigenvalue weighted by molar-refractivity contribution is 7.86. The number of hydrogen-bond donors (Lipinski definition) is 0. The Hall–Kier alpha value is -2.09. The number of likely N-dealkylation sites (tertiary alicyclic amines) is 1. The van der Waals surface area contributed by atoms with E-state index in [1.54, 1.807) is 37.4 Å². The van der Waals surface area contributed by atoms with Crippen molar-refractivity contribution in [2.24, 2.45) is 5.92 Å². The number of nitrogens with zero attached hydrogens (tertiary/aromatic N) is 1. The molecule has 3 rings (SSSR count). The summed E-state index contributed by atoms with van der Waals surface area (Å²) in [6.07, 6.45) is 2.95. The molecule has 0 N–H and O–H groups in total. The smallest absolute Gasteiger partial charge is 0.296 e. The molecule has 0 spiro atoms. The monoisotopic (exact) mass is 419 g/mol. The summed E-state index contributed by atoms with van der Waals surface area (Å²) in [6.45, 7) is 3.66. The van der Waals surface area contributed by atoms with Gasteiger partial charge in [-0.05, 0) is 56.0 Å². The molecule has 0 radical (unpaired) electrons. The van der Waals surface area contributed by atoms with Crippen molar-refractivity contribution in [3.63, 3.8) is 0 Å². The first-order chi connectivity index (χ1) is 14.1. The molecule has 1 unspecified atom stereocenters. The Bertz CT molecular complexity index is 857. The number of piperidine rings is 1. The minimum absolute atomic E-state index is 0.211. The van der Waals surface area contributed by atoms with E-state index in [4.69, 9.17) is 13.7 Å². The van der Waals surface area contributed by atoms with Crippen molar-refractivity contribution in [3.8, 4) is 11.5 Å². The van der Waals surface area contributed by atoms with Gasteiger partial charge in [-0.15, -0.1) is 0 Å². The summed E-state index contributed by atoms with van der Waals surface area (Å²) < 4.78 is 40.9. The second-order valence-corrected chi connectivity index (χ2v) is 8.86. The summed E-state index contributed by atoms with van der Waals surface area (Å²) in [4.78, 5) is 2.57. The van der Waals surface area contributed by atoms with E-state index in [1.165, 1.54) is 0 Å². The van der Waals surface area contributed by atoms with Crippen molar-refractivity contribution in [1.29, 1.82) is 0 Å². The van der Waals surface area contributed by atoms with Crippen LogP contribution in [0.4, 0.5) is 0 Å². The van der Waals surface area contributed by atoms with Gasteiger partial charge in [0.2, 0.25) is 0 Å². The molecular weight excluding hydrogens is 390 g/mol. The van der Waals surface area contributed by atoms with E-state index in [-0.39, 0.29) is 17.4 Å². The number of hydrogen-bond acceptors (Lipinski definition) is 6. The highest BCUT2D eigenvalue weighted by atomic mass is 32.2. The molecule has 1 aliphatic rings. The Balaban J connectivity index is 1.39. The molecule has 2 aromatic rings. The molecule has 7 heteroatoms. The lowest BCUT2D eigenvalue weighted by molar-refractivity contribution is 0.126. The van der Waals surface area contributed by atoms with Gasteiger partial charge in [0, 0.05) is 19.2 Å². The first-order valence-electron chi connectivity index (χ1n) is 10.0. The van der Waals surface area contributed by atoms with E-state index in [1.807, 2.05) is 24.3 Å². The molecule has 2 aromatic carbocycles. The van der Waals surface area contributed by atoms with Crippen LogP contribution in [0.5, 0.6) is 11.5 Å². The van der Waals surface area contributed by atoms with Crippen molar-refractivity contribution >= 4 is 10.1 Å². The van der Waals surface area contributed by atoms with Gasteiger partial charge in [-0.25, -0.2) is 0 Å². The van der Waals surface area contributed by atoms with E-state index in [0.717, 1.165) is 50.4 Å². The Morgan fingerprint density at radius 2 is 1.86 bits per heavy atom. The zero-order valence-electron chi connectivity index (χ0n) is 16.8. The van der Waals surface area contributed by atoms with Crippen LogP contribution >= 0.6 is 0 Å². The molecule has 1 saturated heterocycles. The Labute approximate surface area is 173 Å². The summed E-state index contributed by atoms with van der Waals surface area (Å²) >= 11 is 0. The van der Waals surface area contributed by atoms with Crippen molar-refractivity contribution in [1.82, 2.24) is 4.90 Å². The maximum Gasteiger partial charge on any atom is 0.296 e. The van der Waals surface area contributed by atoms with Gasteiger partial charge in [0.15, 0.2) is 0 Å². The van der Waals surface area contributed by atoms with Crippen molar-refractivity contribution in [2.45, 2.75) is 24.2 Å². The van der Waals surface area contributed by atoms with E-state index in [2.05, 4.69) is 4.90 Å². The maximum absolute atomic E-state index is 12.3. The van der Waals surface area contributed by atoms with Gasteiger partial charge in [0.05, 0.1) is 25.2 Å². The fourth-order valence-electron chi connectivity index (χ4n) is 3.50. The number of methoxy groups -OCH3 is 1. The zero-order valence-corrected chi connectivity index (χ0v) is 17.6. The van der Waals surface area contributed by atoms with Crippen LogP contribution in [0.3, 0.4) is 0 Å². The van der Waals surface area contributed by atoms with Crippen LogP contribution in [0.2, 0.25) is 0 Å². The summed E-state index contributed by atoms with van der Waals surface area (Å²) in [5.41, 5.74) is 0. The third-order valence-corrected chi connectivity index (χ3v) is 6.32. The maximum atomic E-state index is 12.3. The molecular formula is C22H29NO5S. The van der Waals surface area contributed by atoms with E-state index < -0.39 is 10.1 Å². The average Bonchev–Trinajstić information content (AvgIpc) is 2.76. The van der Waals surface area contributed by atoms with Crippen LogP contribution in [0.15, 0.2) is 59.5 Å². The van der Waals surface area contributed by atoms with Gasteiger partial charge < -0.3 is 14.4 Å². The predicted octanol–water partition coefficient (Wildman–Crippen LogP) is 3.58. The minimum Gasteiger partial charge on any atom is -0.497 e. The van der Waals surface area contributed by atoms with Crippen LogP contribution < -0.4 is 9.47 Å². The molecule has 1 atom stereocenters. The molecule has 1 heterocycles. The normalized spacial score (nSPS) is 17.8. The molecule has 0 bridgehead atoms. The van der Waals surface area contributed by atoms with Crippen LogP contribution in [0.1, 0.15) is 19.3 Å². The van der Waals surface area contributed by atoms with Crippen LogP contribution in [0.25, 0.3) is 0 Å². The zero-order chi connectivity index (χ0) is 20.5. The molecule has 0 saturated carbocycles. The van der Waals surface area contributed by atoms with E-state index in [0.29, 0.717) is 6.61 Å². The van der Waals surface area contributed by atoms with Gasteiger partial charge in [-0.2, -0.15) is 8.42 Å². The fourth-order valence-corrected chi connectivity index (χ4v) is 4.50. The first kappa shape index (κ1) is 21.6. The number of ether oxygens (including phenoxy) is 2. The topological polar surface area (TPSA) is 65.1 Å². The molecule has 1 fully saturated rings. The molecule has 0 aliphatic carbocycles. The quantitative estimate of drug-likeness (QED) is 0.433. The second kappa shape index (κ2) is 10.6. The fraction of sp³-hybridized carbons (Fsp3) is 0.455. The molecule has 0 aromatic heterocycles. The van der Waals surface area contributed by atoms with Gasteiger partial charge in [0.25, 0.3) is 10.1 Å². The number of benzene rings is 2. The van der Waals surface area contributed by atoms with Crippen molar-refractivity contribution in [2.75, 3.05) is 40.0 Å². The molecule has 1 aliphatic heterocycles. The van der Waals surface area contributed by atoms with E-state index >= 15 is 0 Å². The first-order valence-corrected chi connectivity index (χ1v) is 11.4. The molecule has 0 amide bonds. The second-order valence-electron chi connectivity index (χ2n) is 7.24. The average molecular weight is 420 g/mol. The highest BCUT2D eigenvalue weighted by Gasteiger charge is 2.23. The number of rotatable bonds is 10. The molecule has 158 valence electrons. The van der Waals surface area contributed by atoms with Crippen molar-refractivity contribution in [3.05, 3.63) is 54.6 Å². The van der Waals surface area contributed by atoms with Crippen LogP contribution in [0, 0.1) is 5.92 Å². The summed E-state index contributed by atoms with van der Waals surface area (Å²) in [6, 6.07) is 15.9. The van der Waals surface area contributed by atoms with Gasteiger partial charge in [-0.1, -0.05) is 24.3 Å². The van der Waals surface area contributed by atoms with E-state index in [9.17, 15) is 8.42 Å². The lowest BCUT2D eigenvalue weighted by Crippen LogP contribution is -2.38. The van der Waals surface area contributed by atoms with Crippen LogP contribution in [-0.2, 0) is 14.3 Å². The van der Waals surface area contributed by atoms with Gasteiger partial charge in [0.1, 0.15) is 11.5 Å². The Morgan fingerprint density at radius 1 is 1.07 bits per heavy atom. The molecule has 29 heavy (non-hydrogen) atoms. The third kappa shape index (κ3) is 6.73. The Kier molecular flexibility index (Phi) is 7.91. The molecule has 6 nitrogen and oxygen atoms in total. The lowest BCUT2D eigenvalue weighted by atomic mass is 9.99. The van der Waals surface area contributed by atoms with Crippen molar-refractivity contribution < 1.29 is 22.1 Å². The summed E-state index contributed by atoms with van der Waals surface area (Å²) in [7, 11) is -2.04. The standard InChI is InChI=1S/C22H29NO5S/c1-26-20-9-5-10-21(16-20)27-15-7-14-23-13-6-8-19(17-23)18-28-29(24,25)22-11-3-2-4-12-22/h2-5,9-12,16,19H,6-8,13-15,17-18H2,1H3. The SMILES string of the molecule is COc1cccc(OCCCN2CCCC(COS(=O)(=O)c3ccccc3)C2)c1. The van der Waals surface area contributed by atoms with Crippen LogP contribution in [-0.4, -0.2) is 53.3 Å². The van der Waals surface area contributed by atoms with Gasteiger partial charge >= 0.3 is 0 Å². The minimum atomic E-state index is -3.68. The largest absolute Gasteiger partial charge is 0.497 e. The summed E-state index contributed by atoms with van der Waals surface area (Å²) in [5, 5.41) is 0. The highest BCUT2D eigenvalue weighted by Crippen LogP contribution is 2.21. The third-order valence-electron chi connectivity index (χ3n) is 5.02. The Morgan fingerprint density at radius 3 is 2.66 bits per heavy atom. The summed E-state index contributed by atoms with van der Waals surface area (Å²) in [5.74, 6) is 1.81. The predicted molar refractivity (Wildman–Crippen MR) is 112 cm³/mol. The van der Waals surface area contributed by atoms with Gasteiger partial charge in [-0.3, -0.25) is 4.18 Å².